The van der Waals surface area contributed by atoms with Crippen molar-refractivity contribution in [2.75, 3.05) is 13.2 Å². The molecule has 0 aromatic carbocycles. The summed E-state index contributed by atoms with van der Waals surface area (Å²) in [4.78, 5) is 42.6. The van der Waals surface area contributed by atoms with Gasteiger partial charge in [-0.05, 0) is 77.0 Å². The highest BCUT2D eigenvalue weighted by Crippen LogP contribution is 2.35. The quantitative estimate of drug-likeness (QED) is 0.0292. The molecule has 0 radical (unpaired) electrons. The van der Waals surface area contributed by atoms with E-state index in [0.29, 0.717) is 12.8 Å². The summed E-state index contributed by atoms with van der Waals surface area (Å²) in [5.41, 5.74) is 0. The van der Waals surface area contributed by atoms with Crippen LogP contribution in [-0.2, 0) is 28.2 Å². The third-order valence-corrected chi connectivity index (χ3v) is 8.20. The Kier molecular flexibility index (Phi) is 34.5. The second-order valence-electron chi connectivity index (χ2n) is 12.5. The van der Waals surface area contributed by atoms with Gasteiger partial charge in [0.15, 0.2) is 6.10 Å². The summed E-state index contributed by atoms with van der Waals surface area (Å²) >= 11 is 0. The number of hydrogen-bond acceptors (Lipinski definition) is 6. The lowest BCUT2D eigenvalue weighted by Crippen LogP contribution is -2.29. The Labute approximate surface area is 304 Å². The predicted molar refractivity (Wildman–Crippen MR) is 207 cm³/mol. The van der Waals surface area contributed by atoms with Crippen LogP contribution >= 0.6 is 7.82 Å². The summed E-state index contributed by atoms with van der Waals surface area (Å²) in [6, 6.07) is 0. The van der Waals surface area contributed by atoms with E-state index >= 15 is 0 Å². The number of unbranched alkanes of at least 4 members (excludes halogenated alkanes) is 12. The number of ether oxygens (including phenoxy) is 2. The Hall–Kier alpha value is -2.51. The molecule has 0 amide bonds. The van der Waals surface area contributed by atoms with Crippen molar-refractivity contribution in [1.82, 2.24) is 0 Å². The number of esters is 2. The van der Waals surface area contributed by atoms with Crippen LogP contribution in [0, 0.1) is 0 Å². The van der Waals surface area contributed by atoms with Gasteiger partial charge in [0, 0.05) is 12.8 Å². The van der Waals surface area contributed by atoms with Crippen LogP contribution in [-0.4, -0.2) is 41.0 Å². The van der Waals surface area contributed by atoms with Crippen molar-refractivity contribution in [3.05, 3.63) is 72.9 Å². The Morgan fingerprint density at radius 1 is 0.520 bits per heavy atom. The van der Waals surface area contributed by atoms with Crippen LogP contribution in [0.2, 0.25) is 0 Å². The Morgan fingerprint density at radius 2 is 0.940 bits per heavy atom. The van der Waals surface area contributed by atoms with Crippen molar-refractivity contribution in [3.8, 4) is 0 Å². The molecular weight excluding hydrogens is 651 g/mol. The number of allylic oxidation sites excluding steroid dienone is 12. The smallest absolute Gasteiger partial charge is 0.462 e. The molecule has 8 nitrogen and oxygen atoms in total. The first kappa shape index (κ1) is 47.5. The summed E-state index contributed by atoms with van der Waals surface area (Å²) < 4.78 is 26.2. The molecule has 50 heavy (non-hydrogen) atoms. The van der Waals surface area contributed by atoms with Gasteiger partial charge in [0.25, 0.3) is 0 Å². The third-order valence-electron chi connectivity index (χ3n) is 7.71. The molecule has 0 bridgehead atoms. The molecule has 0 fully saturated rings. The van der Waals surface area contributed by atoms with Gasteiger partial charge in [0.2, 0.25) is 0 Å². The maximum Gasteiger partial charge on any atom is 0.469 e. The lowest BCUT2D eigenvalue weighted by molar-refractivity contribution is -0.161. The van der Waals surface area contributed by atoms with E-state index in [-0.39, 0.29) is 19.4 Å². The number of phosphoric acid groups is 1. The predicted octanol–water partition coefficient (Wildman–Crippen LogP) is 11.5. The topological polar surface area (TPSA) is 119 Å². The van der Waals surface area contributed by atoms with Crippen LogP contribution in [0.4, 0.5) is 0 Å². The first-order chi connectivity index (χ1) is 24.3. The Bertz CT molecular complexity index is 1040. The van der Waals surface area contributed by atoms with Crippen LogP contribution in [0.5, 0.6) is 0 Å². The molecule has 0 heterocycles. The molecule has 0 saturated heterocycles. The third kappa shape index (κ3) is 38.3. The van der Waals surface area contributed by atoms with Crippen molar-refractivity contribution in [2.24, 2.45) is 0 Å². The average molecular weight is 721 g/mol. The molecule has 0 unspecified atom stereocenters. The van der Waals surface area contributed by atoms with E-state index in [2.05, 4.69) is 79.1 Å². The van der Waals surface area contributed by atoms with Gasteiger partial charge in [-0.25, -0.2) is 4.57 Å². The zero-order valence-corrected chi connectivity index (χ0v) is 32.2. The van der Waals surface area contributed by atoms with Gasteiger partial charge in [0.1, 0.15) is 6.61 Å². The monoisotopic (exact) mass is 720 g/mol. The van der Waals surface area contributed by atoms with Gasteiger partial charge in [-0.3, -0.25) is 14.1 Å². The Morgan fingerprint density at radius 3 is 1.48 bits per heavy atom. The fourth-order valence-corrected chi connectivity index (χ4v) is 5.18. The average Bonchev–Trinajstić information content (AvgIpc) is 3.08. The molecular formula is C41H69O8P. The molecule has 0 aromatic rings. The standard InChI is InChI=1S/C41H69O8P/c1-3-5-7-9-11-13-15-17-18-19-20-21-22-24-25-27-29-31-33-35-40(42)47-37-39(38-48-50(44,45)46)49-41(43)36-34-32-30-28-26-23-16-14-12-10-8-6-4-2/h11,13,17-18,20-21,23-26,29,31,39H,3-10,12,14-16,19,22,27-28,30,32-38H2,1-2H3,(H2,44,45,46)/b13-11+,18-17+,21-20+,25-24+,26-23+,31-29+/t39-/m1/s1. The molecule has 0 aliphatic rings. The van der Waals surface area contributed by atoms with Gasteiger partial charge in [-0.1, -0.05) is 138 Å². The highest BCUT2D eigenvalue weighted by Gasteiger charge is 2.22. The minimum Gasteiger partial charge on any atom is -0.462 e. The minimum absolute atomic E-state index is 0.137. The number of carbonyl (C=O) groups is 2. The van der Waals surface area contributed by atoms with Gasteiger partial charge < -0.3 is 19.3 Å². The molecule has 0 aromatic heterocycles. The van der Waals surface area contributed by atoms with E-state index in [0.717, 1.165) is 51.4 Å². The fourth-order valence-electron chi connectivity index (χ4n) is 4.82. The van der Waals surface area contributed by atoms with Gasteiger partial charge in [0.05, 0.1) is 6.61 Å². The summed E-state index contributed by atoms with van der Waals surface area (Å²) in [5, 5.41) is 0. The SMILES string of the molecule is CCCCC/C=C/C/C=C/C/C=C/C/C=C/C/C=C/CCC(=O)OC[C@H](COP(=O)(O)O)OC(=O)CCCCC/C=C/CCCCCCCC. The lowest BCUT2D eigenvalue weighted by atomic mass is 10.1. The molecule has 0 rings (SSSR count). The fraction of sp³-hybridized carbons (Fsp3) is 0.659. The summed E-state index contributed by atoms with van der Waals surface area (Å²) in [6.45, 7) is 3.55. The van der Waals surface area contributed by atoms with Crippen LogP contribution in [0.3, 0.4) is 0 Å². The van der Waals surface area contributed by atoms with Crippen molar-refractivity contribution in [2.45, 2.75) is 161 Å². The second kappa shape index (κ2) is 36.3. The van der Waals surface area contributed by atoms with E-state index in [9.17, 15) is 14.2 Å². The van der Waals surface area contributed by atoms with Gasteiger partial charge in [-0.15, -0.1) is 0 Å². The summed E-state index contributed by atoms with van der Waals surface area (Å²) in [7, 11) is -4.77. The lowest BCUT2D eigenvalue weighted by Gasteiger charge is -2.18. The van der Waals surface area contributed by atoms with Crippen LogP contribution in [0.15, 0.2) is 72.9 Å². The molecule has 0 aliphatic carbocycles. The highest BCUT2D eigenvalue weighted by atomic mass is 31.2. The molecule has 9 heteroatoms. The first-order valence-corrected chi connectivity index (χ1v) is 20.8. The maximum absolute atomic E-state index is 12.3. The van der Waals surface area contributed by atoms with Crippen LogP contribution < -0.4 is 0 Å². The largest absolute Gasteiger partial charge is 0.469 e. The summed E-state index contributed by atoms with van der Waals surface area (Å²) in [6.07, 6.45) is 46.4. The molecule has 0 spiro atoms. The van der Waals surface area contributed by atoms with E-state index in [1.165, 1.54) is 64.2 Å². The van der Waals surface area contributed by atoms with Gasteiger partial charge >= 0.3 is 19.8 Å². The van der Waals surface area contributed by atoms with E-state index in [4.69, 9.17) is 19.3 Å². The van der Waals surface area contributed by atoms with E-state index in [1.807, 2.05) is 12.2 Å². The van der Waals surface area contributed by atoms with Crippen LogP contribution in [0.25, 0.3) is 0 Å². The zero-order chi connectivity index (χ0) is 36.8. The Balaban J connectivity index is 4.13. The minimum atomic E-state index is -4.77. The zero-order valence-electron chi connectivity index (χ0n) is 31.3. The number of hydrogen-bond donors (Lipinski definition) is 2. The van der Waals surface area contributed by atoms with Crippen LogP contribution in [0.1, 0.15) is 155 Å². The van der Waals surface area contributed by atoms with E-state index in [1.54, 1.807) is 0 Å². The molecule has 0 saturated carbocycles. The van der Waals surface area contributed by atoms with E-state index < -0.39 is 32.5 Å². The normalized spacial score (nSPS) is 13.3. The number of phosphoric ester groups is 1. The molecule has 0 aliphatic heterocycles. The molecule has 2 N–H and O–H groups in total. The molecule has 286 valence electrons. The van der Waals surface area contributed by atoms with Crippen molar-refractivity contribution < 1.29 is 37.9 Å². The first-order valence-electron chi connectivity index (χ1n) is 19.2. The van der Waals surface area contributed by atoms with Gasteiger partial charge in [-0.2, -0.15) is 0 Å². The van der Waals surface area contributed by atoms with Crippen molar-refractivity contribution in [3.63, 3.8) is 0 Å². The number of carbonyl (C=O) groups excluding carboxylic acids is 2. The summed E-state index contributed by atoms with van der Waals surface area (Å²) in [5.74, 6) is -1.01. The van der Waals surface area contributed by atoms with Crippen molar-refractivity contribution in [1.29, 1.82) is 0 Å². The number of rotatable bonds is 34. The highest BCUT2D eigenvalue weighted by molar-refractivity contribution is 7.46. The molecule has 1 atom stereocenters. The maximum atomic E-state index is 12.3. The second-order valence-corrected chi connectivity index (χ2v) is 13.8. The van der Waals surface area contributed by atoms with Crippen molar-refractivity contribution >= 4 is 19.8 Å².